The normalized spacial score (nSPS) is 23.0. The van der Waals surface area contributed by atoms with Gasteiger partial charge in [-0.15, -0.1) is 11.3 Å². The van der Waals surface area contributed by atoms with E-state index in [2.05, 4.69) is 43.2 Å². The fourth-order valence-corrected chi connectivity index (χ4v) is 5.72. The SMILES string of the molecule is CC(C)(C)[C@H]1CC[C@H](Oc2cccc(-c3csc(N4CCC(C(=O)O)CC4)n3)c2)CC1. The number of rotatable bonds is 5. The number of carbonyl (C=O) groups is 1. The van der Waals surface area contributed by atoms with Crippen molar-refractivity contribution in [1.29, 1.82) is 0 Å². The van der Waals surface area contributed by atoms with Crippen LogP contribution in [0.25, 0.3) is 11.3 Å². The summed E-state index contributed by atoms with van der Waals surface area (Å²) in [6.07, 6.45) is 6.40. The molecule has 1 aromatic heterocycles. The molecule has 1 saturated heterocycles. The van der Waals surface area contributed by atoms with Crippen LogP contribution in [0.5, 0.6) is 5.75 Å². The summed E-state index contributed by atoms with van der Waals surface area (Å²) in [5, 5.41) is 12.3. The topological polar surface area (TPSA) is 62.7 Å². The number of benzene rings is 1. The van der Waals surface area contributed by atoms with Crippen molar-refractivity contribution in [3.8, 4) is 17.0 Å². The van der Waals surface area contributed by atoms with Crippen molar-refractivity contribution in [2.75, 3.05) is 18.0 Å². The Morgan fingerprint density at radius 2 is 1.84 bits per heavy atom. The van der Waals surface area contributed by atoms with Crippen molar-refractivity contribution in [2.24, 2.45) is 17.3 Å². The molecule has 1 aliphatic carbocycles. The Bertz CT molecular complexity index is 888. The van der Waals surface area contributed by atoms with Crippen LogP contribution in [-0.2, 0) is 4.79 Å². The van der Waals surface area contributed by atoms with Crippen molar-refractivity contribution in [3.05, 3.63) is 29.6 Å². The molecule has 2 aromatic rings. The average Bonchev–Trinajstić information content (AvgIpc) is 3.24. The summed E-state index contributed by atoms with van der Waals surface area (Å²) in [4.78, 5) is 18.2. The lowest BCUT2D eigenvalue weighted by Gasteiger charge is -2.37. The van der Waals surface area contributed by atoms with Crippen molar-refractivity contribution < 1.29 is 14.6 Å². The predicted octanol–water partition coefficient (Wildman–Crippen LogP) is 6.09. The number of anilines is 1. The number of ether oxygens (including phenoxy) is 1. The third-order valence-corrected chi connectivity index (χ3v) is 7.84. The molecule has 2 aliphatic rings. The number of hydrogen-bond acceptors (Lipinski definition) is 5. The van der Waals surface area contributed by atoms with Crippen molar-refractivity contribution in [2.45, 2.75) is 65.4 Å². The second-order valence-corrected chi connectivity index (χ2v) is 10.9. The molecule has 0 atom stereocenters. The Balaban J connectivity index is 1.37. The summed E-state index contributed by atoms with van der Waals surface area (Å²) < 4.78 is 6.35. The first kappa shape index (κ1) is 22.1. The molecule has 0 spiro atoms. The molecule has 1 aliphatic heterocycles. The van der Waals surface area contributed by atoms with Crippen LogP contribution < -0.4 is 9.64 Å². The molecule has 31 heavy (non-hydrogen) atoms. The minimum absolute atomic E-state index is 0.219. The van der Waals surface area contributed by atoms with E-state index in [4.69, 9.17) is 9.72 Å². The Morgan fingerprint density at radius 3 is 2.48 bits per heavy atom. The molecule has 2 fully saturated rings. The largest absolute Gasteiger partial charge is 0.490 e. The first-order chi connectivity index (χ1) is 14.8. The number of carboxylic acids is 1. The van der Waals surface area contributed by atoms with Gasteiger partial charge >= 0.3 is 5.97 Å². The average molecular weight is 443 g/mol. The summed E-state index contributed by atoms with van der Waals surface area (Å²) in [5.41, 5.74) is 2.42. The third kappa shape index (κ3) is 5.40. The minimum Gasteiger partial charge on any atom is -0.490 e. The fraction of sp³-hybridized carbons (Fsp3) is 0.600. The molecule has 2 heterocycles. The highest BCUT2D eigenvalue weighted by molar-refractivity contribution is 7.14. The number of aliphatic carboxylic acids is 1. The summed E-state index contributed by atoms with van der Waals surface area (Å²) in [6.45, 7) is 8.55. The smallest absolute Gasteiger partial charge is 0.306 e. The monoisotopic (exact) mass is 442 g/mol. The van der Waals surface area contributed by atoms with Crippen molar-refractivity contribution >= 4 is 22.4 Å². The molecule has 0 amide bonds. The van der Waals surface area contributed by atoms with E-state index in [0.717, 1.165) is 54.0 Å². The van der Waals surface area contributed by atoms with Gasteiger partial charge < -0.3 is 14.7 Å². The maximum atomic E-state index is 11.2. The fourth-order valence-electron chi connectivity index (χ4n) is 4.83. The Morgan fingerprint density at radius 1 is 1.13 bits per heavy atom. The van der Waals surface area contributed by atoms with E-state index >= 15 is 0 Å². The van der Waals surface area contributed by atoms with Gasteiger partial charge in [-0.05, 0) is 62.0 Å². The van der Waals surface area contributed by atoms with Crippen LogP contribution in [-0.4, -0.2) is 35.3 Å². The second-order valence-electron chi connectivity index (χ2n) is 10.1. The van der Waals surface area contributed by atoms with Gasteiger partial charge in [-0.2, -0.15) is 0 Å². The second kappa shape index (κ2) is 9.19. The number of aromatic nitrogens is 1. The van der Waals surface area contributed by atoms with Crippen LogP contribution in [0.4, 0.5) is 5.13 Å². The van der Waals surface area contributed by atoms with E-state index in [9.17, 15) is 9.90 Å². The quantitative estimate of drug-likeness (QED) is 0.607. The Labute approximate surface area is 189 Å². The Hall–Kier alpha value is -2.08. The molecule has 5 nitrogen and oxygen atoms in total. The van der Waals surface area contributed by atoms with Gasteiger partial charge in [0.1, 0.15) is 5.75 Å². The van der Waals surface area contributed by atoms with Crippen molar-refractivity contribution in [3.63, 3.8) is 0 Å². The molecule has 1 saturated carbocycles. The molecule has 1 aromatic carbocycles. The van der Waals surface area contributed by atoms with Crippen LogP contribution in [0.15, 0.2) is 29.6 Å². The zero-order valence-electron chi connectivity index (χ0n) is 18.8. The highest BCUT2D eigenvalue weighted by Gasteiger charge is 2.30. The van der Waals surface area contributed by atoms with E-state index in [1.54, 1.807) is 11.3 Å². The number of hydrogen-bond donors (Lipinski definition) is 1. The molecule has 4 rings (SSSR count). The molecule has 6 heteroatoms. The lowest BCUT2D eigenvalue weighted by Crippen LogP contribution is -2.36. The van der Waals surface area contributed by atoms with Gasteiger partial charge in [0.25, 0.3) is 0 Å². The number of thiazole rings is 1. The first-order valence-corrected chi connectivity index (χ1v) is 12.4. The molecular weight excluding hydrogens is 408 g/mol. The van der Waals surface area contributed by atoms with Crippen LogP contribution in [0.2, 0.25) is 0 Å². The summed E-state index contributed by atoms with van der Waals surface area (Å²) in [7, 11) is 0. The van der Waals surface area contributed by atoms with Crippen LogP contribution in [0.3, 0.4) is 0 Å². The lowest BCUT2D eigenvalue weighted by atomic mass is 9.72. The van der Waals surface area contributed by atoms with Gasteiger partial charge in [-0.3, -0.25) is 4.79 Å². The molecule has 0 unspecified atom stereocenters. The summed E-state index contributed by atoms with van der Waals surface area (Å²) in [5.74, 6) is 0.812. The number of carboxylic acid groups (broad SMARTS) is 1. The number of nitrogens with zero attached hydrogens (tertiary/aromatic N) is 2. The van der Waals surface area contributed by atoms with E-state index < -0.39 is 5.97 Å². The maximum absolute atomic E-state index is 11.2. The van der Waals surface area contributed by atoms with E-state index in [1.165, 1.54) is 12.8 Å². The summed E-state index contributed by atoms with van der Waals surface area (Å²) in [6, 6.07) is 8.27. The molecule has 0 radical (unpaired) electrons. The van der Waals surface area contributed by atoms with Crippen LogP contribution >= 0.6 is 11.3 Å². The van der Waals surface area contributed by atoms with E-state index in [-0.39, 0.29) is 5.92 Å². The van der Waals surface area contributed by atoms with Gasteiger partial charge in [-0.1, -0.05) is 32.9 Å². The van der Waals surface area contributed by atoms with Gasteiger partial charge in [0.15, 0.2) is 5.13 Å². The third-order valence-electron chi connectivity index (χ3n) is 6.94. The molecule has 0 bridgehead atoms. The lowest BCUT2D eigenvalue weighted by molar-refractivity contribution is -0.142. The highest BCUT2D eigenvalue weighted by Crippen LogP contribution is 2.39. The van der Waals surface area contributed by atoms with Gasteiger partial charge in [0, 0.05) is 24.0 Å². The predicted molar refractivity (Wildman–Crippen MR) is 126 cm³/mol. The standard InChI is InChI=1S/C25H34N2O3S/c1-25(2,3)19-7-9-20(10-8-19)30-21-6-4-5-18(15-21)22-16-31-24(26-22)27-13-11-17(12-14-27)23(28)29/h4-6,15-17,19-20H,7-14H2,1-3H3,(H,28,29)/t19-,20-. The van der Waals surface area contributed by atoms with E-state index in [0.29, 0.717) is 24.4 Å². The molecule has 168 valence electrons. The van der Waals surface area contributed by atoms with Crippen LogP contribution in [0.1, 0.15) is 59.3 Å². The first-order valence-electron chi connectivity index (χ1n) is 11.5. The van der Waals surface area contributed by atoms with E-state index in [1.807, 2.05) is 12.1 Å². The summed E-state index contributed by atoms with van der Waals surface area (Å²) >= 11 is 1.63. The maximum Gasteiger partial charge on any atom is 0.306 e. The van der Waals surface area contributed by atoms with Crippen molar-refractivity contribution in [1.82, 2.24) is 4.98 Å². The van der Waals surface area contributed by atoms with Gasteiger partial charge in [0.05, 0.1) is 17.7 Å². The molecular formula is C25H34N2O3S. The minimum atomic E-state index is -0.678. The van der Waals surface area contributed by atoms with Gasteiger partial charge in [-0.25, -0.2) is 4.98 Å². The van der Waals surface area contributed by atoms with Crippen LogP contribution in [0, 0.1) is 17.3 Å². The van der Waals surface area contributed by atoms with Gasteiger partial charge in [0.2, 0.25) is 0 Å². The highest BCUT2D eigenvalue weighted by atomic mass is 32.1. The Kier molecular flexibility index (Phi) is 6.56. The molecule has 1 N–H and O–H groups in total. The number of piperidine rings is 1. The zero-order chi connectivity index (χ0) is 22.0. The zero-order valence-corrected chi connectivity index (χ0v) is 19.7.